The second-order valence-electron chi connectivity index (χ2n) is 8.85. The van der Waals surface area contributed by atoms with E-state index in [1.54, 1.807) is 11.9 Å². The maximum absolute atomic E-state index is 12.1. The Kier molecular flexibility index (Phi) is 13.5. The molecule has 0 radical (unpaired) electrons. The fourth-order valence-electron chi connectivity index (χ4n) is 4.61. The zero-order chi connectivity index (χ0) is 28.1. The molecule has 0 spiro atoms. The van der Waals surface area contributed by atoms with Crippen LogP contribution in [0, 0.1) is 12.8 Å². The van der Waals surface area contributed by atoms with Gasteiger partial charge in [0, 0.05) is 43.3 Å². The van der Waals surface area contributed by atoms with E-state index in [1.807, 2.05) is 52.8 Å². The van der Waals surface area contributed by atoms with Gasteiger partial charge in [0.05, 0.1) is 7.11 Å². The summed E-state index contributed by atoms with van der Waals surface area (Å²) in [5.74, 6) is 0.367. The van der Waals surface area contributed by atoms with Crippen molar-refractivity contribution in [1.82, 2.24) is 15.1 Å². The summed E-state index contributed by atoms with van der Waals surface area (Å²) in [5, 5.41) is 2.69. The summed E-state index contributed by atoms with van der Waals surface area (Å²) in [7, 11) is 3.07. The highest BCUT2D eigenvalue weighted by Crippen LogP contribution is 2.35. The van der Waals surface area contributed by atoms with E-state index in [9.17, 15) is 9.59 Å². The van der Waals surface area contributed by atoms with Crippen LogP contribution < -0.4 is 5.32 Å². The lowest BCUT2D eigenvalue weighted by Crippen LogP contribution is -2.38. The minimum absolute atomic E-state index is 0.0863. The van der Waals surface area contributed by atoms with Crippen LogP contribution in [0.1, 0.15) is 82.3 Å². The van der Waals surface area contributed by atoms with Gasteiger partial charge in [0.2, 0.25) is 0 Å². The number of ether oxygens (including phenoxy) is 1. The Balaban J connectivity index is 0.00000163. The molecule has 204 valence electrons. The molecule has 1 aromatic carbocycles. The van der Waals surface area contributed by atoms with Crippen molar-refractivity contribution in [2.45, 2.75) is 67.7 Å². The van der Waals surface area contributed by atoms with E-state index in [0.717, 1.165) is 36.1 Å². The SMILES string of the molecule is C=C1C=C(C)C=CN1/C(CC1CCN(C(=O)OC)CC1)=C(\C)c1ccc(C(=O)NC)cc1C.CC.CC. The molecule has 1 saturated heterocycles. The van der Waals surface area contributed by atoms with Crippen molar-refractivity contribution in [3.05, 3.63) is 76.8 Å². The Bertz CT molecular complexity index is 1030. The predicted molar refractivity (Wildman–Crippen MR) is 155 cm³/mol. The molecular formula is C31H47N3O3. The monoisotopic (exact) mass is 509 g/mol. The Morgan fingerprint density at radius 2 is 1.73 bits per heavy atom. The smallest absolute Gasteiger partial charge is 0.409 e. The predicted octanol–water partition coefficient (Wildman–Crippen LogP) is 7.30. The molecule has 0 unspecified atom stereocenters. The number of rotatable bonds is 5. The van der Waals surface area contributed by atoms with E-state index in [4.69, 9.17) is 4.74 Å². The highest BCUT2D eigenvalue weighted by molar-refractivity contribution is 5.94. The zero-order valence-corrected chi connectivity index (χ0v) is 24.4. The number of hydrogen-bond donors (Lipinski definition) is 1. The quantitative estimate of drug-likeness (QED) is 0.452. The first kappa shape index (κ1) is 31.7. The number of methoxy groups -OCH3 is 1. The lowest BCUT2D eigenvalue weighted by molar-refractivity contribution is 0.0962. The van der Waals surface area contributed by atoms with Crippen molar-refractivity contribution in [1.29, 1.82) is 0 Å². The molecule has 0 bridgehead atoms. The van der Waals surface area contributed by atoms with Gasteiger partial charge in [-0.15, -0.1) is 0 Å². The van der Waals surface area contributed by atoms with Gasteiger partial charge < -0.3 is 19.9 Å². The molecule has 0 aliphatic carbocycles. The van der Waals surface area contributed by atoms with Gasteiger partial charge in [-0.2, -0.15) is 0 Å². The summed E-state index contributed by atoms with van der Waals surface area (Å²) < 4.78 is 4.88. The Labute approximate surface area is 224 Å². The molecule has 6 nitrogen and oxygen atoms in total. The Morgan fingerprint density at radius 3 is 2.24 bits per heavy atom. The number of allylic oxidation sites excluding steroid dienone is 5. The van der Waals surface area contributed by atoms with Crippen molar-refractivity contribution in [3.63, 3.8) is 0 Å². The summed E-state index contributed by atoms with van der Waals surface area (Å²) in [4.78, 5) is 27.9. The molecule has 6 heteroatoms. The Hall–Kier alpha value is -3.28. The fraction of sp³-hybridized carbons (Fsp3) is 0.484. The number of amides is 2. The topological polar surface area (TPSA) is 61.9 Å². The van der Waals surface area contributed by atoms with Crippen LogP contribution in [-0.2, 0) is 4.74 Å². The number of nitrogens with one attached hydrogen (secondary N) is 1. The number of benzene rings is 1. The van der Waals surface area contributed by atoms with Crippen LogP contribution in [0.5, 0.6) is 0 Å². The van der Waals surface area contributed by atoms with Gasteiger partial charge in [0.15, 0.2) is 0 Å². The average Bonchev–Trinajstić information content (AvgIpc) is 2.93. The number of nitrogens with zero attached hydrogens (tertiary/aromatic N) is 2. The van der Waals surface area contributed by atoms with Crippen LogP contribution in [0.3, 0.4) is 0 Å². The fourth-order valence-corrected chi connectivity index (χ4v) is 4.61. The molecule has 2 heterocycles. The molecule has 2 aliphatic heterocycles. The van der Waals surface area contributed by atoms with E-state index in [-0.39, 0.29) is 12.0 Å². The van der Waals surface area contributed by atoms with Gasteiger partial charge in [-0.05, 0) is 92.5 Å². The number of likely N-dealkylation sites (tertiary alicyclic amines) is 1. The molecule has 2 amide bonds. The molecule has 2 aliphatic rings. The summed E-state index contributed by atoms with van der Waals surface area (Å²) in [6, 6.07) is 5.85. The first-order chi connectivity index (χ1) is 17.7. The molecule has 3 rings (SSSR count). The molecule has 0 atom stereocenters. The van der Waals surface area contributed by atoms with Crippen LogP contribution in [0.2, 0.25) is 0 Å². The first-order valence-corrected chi connectivity index (χ1v) is 13.5. The maximum atomic E-state index is 12.1. The molecule has 1 N–H and O–H groups in total. The van der Waals surface area contributed by atoms with Crippen LogP contribution in [0.15, 0.2) is 60.1 Å². The third kappa shape index (κ3) is 8.38. The number of carbonyl (C=O) groups is 2. The third-order valence-electron chi connectivity index (χ3n) is 6.56. The summed E-state index contributed by atoms with van der Waals surface area (Å²) >= 11 is 0. The van der Waals surface area contributed by atoms with Crippen LogP contribution in [0.25, 0.3) is 5.57 Å². The second-order valence-corrected chi connectivity index (χ2v) is 8.85. The van der Waals surface area contributed by atoms with Crippen molar-refractivity contribution >= 4 is 17.6 Å². The van der Waals surface area contributed by atoms with E-state index in [1.165, 1.54) is 24.0 Å². The maximum Gasteiger partial charge on any atom is 0.409 e. The first-order valence-electron chi connectivity index (χ1n) is 13.5. The molecule has 0 aromatic heterocycles. The Morgan fingerprint density at radius 1 is 1.11 bits per heavy atom. The van der Waals surface area contributed by atoms with Crippen molar-refractivity contribution in [2.24, 2.45) is 5.92 Å². The van der Waals surface area contributed by atoms with Crippen LogP contribution in [-0.4, -0.2) is 49.0 Å². The lowest BCUT2D eigenvalue weighted by Gasteiger charge is -2.35. The molecule has 37 heavy (non-hydrogen) atoms. The van der Waals surface area contributed by atoms with Crippen LogP contribution in [0.4, 0.5) is 4.79 Å². The van der Waals surface area contributed by atoms with Gasteiger partial charge >= 0.3 is 6.09 Å². The van der Waals surface area contributed by atoms with E-state index in [2.05, 4.69) is 49.0 Å². The van der Waals surface area contributed by atoms with Gasteiger partial charge in [0.25, 0.3) is 5.91 Å². The number of hydrogen-bond acceptors (Lipinski definition) is 4. The molecule has 0 saturated carbocycles. The molecule has 1 aromatic rings. The lowest BCUT2D eigenvalue weighted by atomic mass is 9.88. The average molecular weight is 510 g/mol. The van der Waals surface area contributed by atoms with E-state index >= 15 is 0 Å². The molecular weight excluding hydrogens is 462 g/mol. The second kappa shape index (κ2) is 15.7. The largest absolute Gasteiger partial charge is 0.453 e. The third-order valence-corrected chi connectivity index (χ3v) is 6.56. The summed E-state index contributed by atoms with van der Waals surface area (Å²) in [5.41, 5.74) is 7.32. The van der Waals surface area contributed by atoms with E-state index in [0.29, 0.717) is 24.6 Å². The standard InChI is InChI=1S/C27H35N3O3.2C2H6/c1-18-9-14-30(20(3)15-18)25(17-22-10-12-29(13-11-22)27(32)33-6)21(4)24-8-7-23(16-19(24)2)26(31)28-5;2*1-2/h7-9,14-16,22H,3,10-13,17H2,1-2,4-6H3,(H,28,31);2*1-2H3/b25-21+;;. The summed E-state index contributed by atoms with van der Waals surface area (Å²) in [6.07, 6.45) is 8.78. The van der Waals surface area contributed by atoms with Gasteiger partial charge in [-0.1, -0.05) is 40.3 Å². The van der Waals surface area contributed by atoms with Crippen molar-refractivity contribution in [2.75, 3.05) is 27.2 Å². The van der Waals surface area contributed by atoms with Gasteiger partial charge in [0.1, 0.15) is 0 Å². The zero-order valence-electron chi connectivity index (χ0n) is 24.4. The van der Waals surface area contributed by atoms with Crippen molar-refractivity contribution in [3.8, 4) is 0 Å². The summed E-state index contributed by atoms with van der Waals surface area (Å²) in [6.45, 7) is 20.0. The van der Waals surface area contributed by atoms with Gasteiger partial charge in [-0.25, -0.2) is 4.79 Å². The highest BCUT2D eigenvalue weighted by Gasteiger charge is 2.27. The number of aryl methyl sites for hydroxylation is 1. The highest BCUT2D eigenvalue weighted by atomic mass is 16.5. The minimum atomic E-state index is -0.250. The minimum Gasteiger partial charge on any atom is -0.453 e. The number of carbonyl (C=O) groups excluding carboxylic acids is 2. The normalized spacial score (nSPS) is 15.9. The number of piperidine rings is 1. The molecule has 1 fully saturated rings. The van der Waals surface area contributed by atoms with Gasteiger partial charge in [-0.3, -0.25) is 4.79 Å². The van der Waals surface area contributed by atoms with Crippen molar-refractivity contribution < 1.29 is 14.3 Å². The van der Waals surface area contributed by atoms with E-state index < -0.39 is 0 Å². The van der Waals surface area contributed by atoms with Crippen LogP contribution >= 0.6 is 0 Å².